The van der Waals surface area contributed by atoms with Crippen LogP contribution < -0.4 is 4.90 Å². The number of fused-ring (bicyclic) bond motifs is 2. The SMILES string of the molecule is Cc1cccc(CN2CCC3(CC2)CN(C(=O)CC(C)(C)C)c2ccc(C)cc23)c1. The summed E-state index contributed by atoms with van der Waals surface area (Å²) in [5.41, 5.74) is 6.69. The largest absolute Gasteiger partial charge is 0.311 e. The molecule has 30 heavy (non-hydrogen) atoms. The zero-order chi connectivity index (χ0) is 21.5. The van der Waals surface area contributed by atoms with E-state index in [-0.39, 0.29) is 16.7 Å². The van der Waals surface area contributed by atoms with Crippen molar-refractivity contribution in [3.63, 3.8) is 0 Å². The van der Waals surface area contributed by atoms with Crippen LogP contribution in [0.2, 0.25) is 0 Å². The summed E-state index contributed by atoms with van der Waals surface area (Å²) in [5.74, 6) is 0.270. The van der Waals surface area contributed by atoms with Crippen LogP contribution in [0.25, 0.3) is 0 Å². The van der Waals surface area contributed by atoms with Crippen molar-refractivity contribution in [3.05, 3.63) is 64.7 Å². The molecule has 2 aliphatic heterocycles. The maximum atomic E-state index is 13.2. The minimum atomic E-state index is 0.00881. The second-order valence-electron chi connectivity index (χ2n) is 10.8. The van der Waals surface area contributed by atoms with Gasteiger partial charge < -0.3 is 4.90 Å². The molecule has 2 heterocycles. The van der Waals surface area contributed by atoms with Crippen molar-refractivity contribution >= 4 is 11.6 Å². The number of carbonyl (C=O) groups is 1. The number of amides is 1. The molecule has 160 valence electrons. The Morgan fingerprint density at radius 3 is 2.37 bits per heavy atom. The first kappa shape index (κ1) is 21.1. The number of piperidine rings is 1. The summed E-state index contributed by atoms with van der Waals surface area (Å²) in [6.45, 7) is 14.8. The van der Waals surface area contributed by atoms with Crippen LogP contribution in [-0.4, -0.2) is 30.4 Å². The number of anilines is 1. The minimum Gasteiger partial charge on any atom is -0.311 e. The Bertz CT molecular complexity index is 932. The van der Waals surface area contributed by atoms with Crippen LogP contribution >= 0.6 is 0 Å². The summed E-state index contributed by atoms with van der Waals surface area (Å²) in [4.78, 5) is 17.9. The first-order chi connectivity index (χ1) is 14.2. The van der Waals surface area contributed by atoms with Gasteiger partial charge in [-0.25, -0.2) is 0 Å². The van der Waals surface area contributed by atoms with Crippen molar-refractivity contribution in [3.8, 4) is 0 Å². The molecule has 2 aromatic rings. The summed E-state index contributed by atoms with van der Waals surface area (Å²) in [7, 11) is 0. The number of hydrogen-bond donors (Lipinski definition) is 0. The lowest BCUT2D eigenvalue weighted by Gasteiger charge is -2.40. The van der Waals surface area contributed by atoms with Crippen molar-refractivity contribution < 1.29 is 4.79 Å². The molecule has 0 aromatic heterocycles. The van der Waals surface area contributed by atoms with E-state index in [1.54, 1.807) is 0 Å². The van der Waals surface area contributed by atoms with Gasteiger partial charge in [0.1, 0.15) is 0 Å². The number of hydrogen-bond acceptors (Lipinski definition) is 2. The molecule has 4 rings (SSSR count). The van der Waals surface area contributed by atoms with E-state index < -0.39 is 0 Å². The minimum absolute atomic E-state index is 0.00881. The topological polar surface area (TPSA) is 23.6 Å². The van der Waals surface area contributed by atoms with Crippen LogP contribution in [0.5, 0.6) is 0 Å². The van der Waals surface area contributed by atoms with Crippen molar-refractivity contribution in [1.29, 1.82) is 0 Å². The molecule has 0 aliphatic carbocycles. The van der Waals surface area contributed by atoms with Gasteiger partial charge in [0.15, 0.2) is 0 Å². The molecule has 0 radical (unpaired) electrons. The average Bonchev–Trinajstić information content (AvgIpc) is 2.96. The molecule has 0 saturated carbocycles. The van der Waals surface area contributed by atoms with Gasteiger partial charge in [-0.1, -0.05) is 68.3 Å². The number of rotatable bonds is 3. The molecule has 1 fully saturated rings. The van der Waals surface area contributed by atoms with Gasteiger partial charge in [0.05, 0.1) is 0 Å². The predicted molar refractivity (Wildman–Crippen MR) is 125 cm³/mol. The molecule has 0 bridgehead atoms. The standard InChI is InChI=1S/C27H36N2O/c1-20-7-6-8-22(15-20)18-28-13-11-27(12-14-28)19-29(25(30)17-26(3,4)5)24-10-9-21(2)16-23(24)27/h6-10,15-16H,11-14,17-19H2,1-5H3. The molecular formula is C27H36N2O. The van der Waals surface area contributed by atoms with Crippen molar-refractivity contribution in [1.82, 2.24) is 4.90 Å². The summed E-state index contributed by atoms with van der Waals surface area (Å²) in [6.07, 6.45) is 2.83. The zero-order valence-corrected chi connectivity index (χ0v) is 19.3. The third-order valence-corrected chi connectivity index (χ3v) is 6.76. The van der Waals surface area contributed by atoms with E-state index in [0.29, 0.717) is 6.42 Å². The Morgan fingerprint density at radius 1 is 1.00 bits per heavy atom. The second kappa shape index (κ2) is 7.85. The summed E-state index contributed by atoms with van der Waals surface area (Å²) in [5, 5.41) is 0. The van der Waals surface area contributed by atoms with E-state index in [2.05, 4.69) is 86.9 Å². The normalized spacial score (nSPS) is 18.6. The van der Waals surface area contributed by atoms with E-state index >= 15 is 0 Å². The smallest absolute Gasteiger partial charge is 0.227 e. The van der Waals surface area contributed by atoms with Crippen LogP contribution in [0.3, 0.4) is 0 Å². The fraction of sp³-hybridized carbons (Fsp3) is 0.519. The zero-order valence-electron chi connectivity index (χ0n) is 19.3. The van der Waals surface area contributed by atoms with Crippen LogP contribution in [0, 0.1) is 19.3 Å². The molecule has 2 aromatic carbocycles. The molecule has 1 saturated heterocycles. The lowest BCUT2D eigenvalue weighted by Crippen LogP contribution is -2.46. The number of aryl methyl sites for hydroxylation is 2. The summed E-state index contributed by atoms with van der Waals surface area (Å²) >= 11 is 0. The highest BCUT2D eigenvalue weighted by Crippen LogP contribution is 2.48. The Balaban J connectivity index is 1.53. The molecule has 3 nitrogen and oxygen atoms in total. The third-order valence-electron chi connectivity index (χ3n) is 6.76. The van der Waals surface area contributed by atoms with Gasteiger partial charge in [0, 0.05) is 30.6 Å². The molecule has 0 unspecified atom stereocenters. The number of benzene rings is 2. The molecule has 3 heteroatoms. The average molecular weight is 405 g/mol. The number of carbonyl (C=O) groups excluding carboxylic acids is 1. The molecule has 0 N–H and O–H groups in total. The highest BCUT2D eigenvalue weighted by Gasteiger charge is 2.46. The van der Waals surface area contributed by atoms with Crippen LogP contribution in [0.15, 0.2) is 42.5 Å². The molecular weight excluding hydrogens is 368 g/mol. The summed E-state index contributed by atoms with van der Waals surface area (Å²) in [6, 6.07) is 15.5. The van der Waals surface area contributed by atoms with Crippen LogP contribution in [-0.2, 0) is 16.8 Å². The van der Waals surface area contributed by atoms with E-state index in [1.165, 1.54) is 22.3 Å². The Kier molecular flexibility index (Phi) is 5.52. The third kappa shape index (κ3) is 4.32. The molecule has 2 aliphatic rings. The van der Waals surface area contributed by atoms with Crippen molar-refractivity contribution in [2.45, 2.75) is 65.8 Å². The Labute approximate surface area is 182 Å². The van der Waals surface area contributed by atoms with Gasteiger partial charge >= 0.3 is 0 Å². The highest BCUT2D eigenvalue weighted by molar-refractivity contribution is 5.96. The van der Waals surface area contributed by atoms with E-state index in [4.69, 9.17) is 0 Å². The lowest BCUT2D eigenvalue weighted by atomic mass is 9.74. The molecule has 0 atom stereocenters. The monoisotopic (exact) mass is 404 g/mol. The maximum absolute atomic E-state index is 13.2. The first-order valence-corrected chi connectivity index (χ1v) is 11.3. The second-order valence-corrected chi connectivity index (χ2v) is 10.8. The molecule has 1 spiro atoms. The summed E-state index contributed by atoms with van der Waals surface area (Å²) < 4.78 is 0. The van der Waals surface area contributed by atoms with Crippen molar-refractivity contribution in [2.75, 3.05) is 24.5 Å². The van der Waals surface area contributed by atoms with Gasteiger partial charge in [0.2, 0.25) is 5.91 Å². The van der Waals surface area contributed by atoms with Crippen LogP contribution in [0.4, 0.5) is 5.69 Å². The quantitative estimate of drug-likeness (QED) is 0.663. The molecule has 1 amide bonds. The van der Waals surface area contributed by atoms with Crippen LogP contribution in [0.1, 0.15) is 62.3 Å². The van der Waals surface area contributed by atoms with Gasteiger partial charge in [-0.15, -0.1) is 0 Å². The Morgan fingerprint density at radius 2 is 1.70 bits per heavy atom. The highest BCUT2D eigenvalue weighted by atomic mass is 16.2. The van der Waals surface area contributed by atoms with Gasteiger partial charge in [-0.05, 0) is 62.4 Å². The Hall–Kier alpha value is -2.13. The van der Waals surface area contributed by atoms with E-state index in [1.807, 2.05) is 0 Å². The van der Waals surface area contributed by atoms with E-state index in [0.717, 1.165) is 44.7 Å². The maximum Gasteiger partial charge on any atom is 0.227 e. The van der Waals surface area contributed by atoms with Gasteiger partial charge in [-0.2, -0.15) is 0 Å². The van der Waals surface area contributed by atoms with Crippen molar-refractivity contribution in [2.24, 2.45) is 5.41 Å². The lowest BCUT2D eigenvalue weighted by molar-refractivity contribution is -0.120. The first-order valence-electron chi connectivity index (χ1n) is 11.3. The number of nitrogens with zero attached hydrogens (tertiary/aromatic N) is 2. The van der Waals surface area contributed by atoms with Gasteiger partial charge in [0.25, 0.3) is 0 Å². The van der Waals surface area contributed by atoms with Gasteiger partial charge in [-0.3, -0.25) is 9.69 Å². The number of likely N-dealkylation sites (tertiary alicyclic amines) is 1. The fourth-order valence-electron chi connectivity index (χ4n) is 5.19. The van der Waals surface area contributed by atoms with E-state index in [9.17, 15) is 4.79 Å². The fourth-order valence-corrected chi connectivity index (χ4v) is 5.19. The predicted octanol–water partition coefficient (Wildman–Crippen LogP) is 5.62.